The second-order valence-corrected chi connectivity index (χ2v) is 8.94. The van der Waals surface area contributed by atoms with Crippen LogP contribution in [0.25, 0.3) is 0 Å². The van der Waals surface area contributed by atoms with Gasteiger partial charge < -0.3 is 10.1 Å². The molecular weight excluding hydrogens is 434 g/mol. The highest BCUT2D eigenvalue weighted by Gasteiger charge is 2.33. The van der Waals surface area contributed by atoms with Gasteiger partial charge in [0.2, 0.25) is 0 Å². The van der Waals surface area contributed by atoms with Gasteiger partial charge in [0.1, 0.15) is 5.75 Å². The van der Waals surface area contributed by atoms with Crippen LogP contribution in [0.5, 0.6) is 5.75 Å². The van der Waals surface area contributed by atoms with Crippen molar-refractivity contribution in [3.8, 4) is 5.75 Å². The molecule has 0 atom stereocenters. The lowest BCUT2D eigenvalue weighted by Crippen LogP contribution is -2.30. The van der Waals surface area contributed by atoms with Crippen molar-refractivity contribution in [2.45, 2.75) is 11.3 Å². The molecule has 0 bridgehead atoms. The average Bonchev–Trinajstić information content (AvgIpc) is 3.25. The molecule has 0 fully saturated rings. The molecule has 9 nitrogen and oxygen atoms in total. The zero-order valence-corrected chi connectivity index (χ0v) is 17.8. The zero-order valence-electron chi connectivity index (χ0n) is 17.0. The number of hydrogen-bond acceptors (Lipinski definition) is 6. The summed E-state index contributed by atoms with van der Waals surface area (Å²) in [5.74, 6) is 0.0452. The van der Waals surface area contributed by atoms with Crippen LogP contribution < -0.4 is 14.4 Å². The van der Waals surface area contributed by atoms with Crippen molar-refractivity contribution in [2.24, 2.45) is 0 Å². The van der Waals surface area contributed by atoms with Gasteiger partial charge in [0.15, 0.2) is 0 Å². The van der Waals surface area contributed by atoms with Gasteiger partial charge in [-0.15, -0.1) is 0 Å². The molecule has 0 aliphatic carbocycles. The fraction of sp³-hybridized carbons (Fsp3) is 0.136. The number of amides is 1. The molecule has 1 amide bonds. The van der Waals surface area contributed by atoms with Crippen molar-refractivity contribution in [1.82, 2.24) is 0 Å². The molecule has 1 N–H and O–H groups in total. The van der Waals surface area contributed by atoms with E-state index >= 15 is 0 Å². The minimum atomic E-state index is -3.86. The average molecular weight is 453 g/mol. The van der Waals surface area contributed by atoms with E-state index in [-0.39, 0.29) is 22.7 Å². The van der Waals surface area contributed by atoms with Crippen molar-refractivity contribution in [2.75, 3.05) is 23.3 Å². The topological polar surface area (TPSA) is 119 Å². The maximum Gasteiger partial charge on any atom is 0.269 e. The second kappa shape index (κ2) is 8.31. The van der Waals surface area contributed by atoms with Crippen molar-refractivity contribution in [3.63, 3.8) is 0 Å². The lowest BCUT2D eigenvalue weighted by molar-refractivity contribution is -0.384. The third kappa shape index (κ3) is 3.87. The van der Waals surface area contributed by atoms with Crippen LogP contribution in [0.2, 0.25) is 0 Å². The number of rotatable bonds is 6. The summed E-state index contributed by atoms with van der Waals surface area (Å²) in [6.45, 7) is 0.244. The number of nitrogens with one attached hydrogen (secondary N) is 1. The van der Waals surface area contributed by atoms with E-state index in [1.807, 2.05) is 6.07 Å². The smallest absolute Gasteiger partial charge is 0.269 e. The van der Waals surface area contributed by atoms with Crippen LogP contribution in [-0.2, 0) is 16.4 Å². The molecule has 0 aromatic heterocycles. The molecule has 1 aliphatic heterocycles. The van der Waals surface area contributed by atoms with E-state index in [0.717, 1.165) is 5.56 Å². The molecule has 0 radical (unpaired) electrons. The lowest BCUT2D eigenvalue weighted by Gasteiger charge is -2.22. The number of anilines is 2. The predicted octanol–water partition coefficient (Wildman–Crippen LogP) is 3.61. The largest absolute Gasteiger partial charge is 0.497 e. The zero-order chi connectivity index (χ0) is 22.9. The third-order valence-electron chi connectivity index (χ3n) is 5.19. The van der Waals surface area contributed by atoms with Gasteiger partial charge in [0, 0.05) is 24.2 Å². The van der Waals surface area contributed by atoms with Crippen LogP contribution in [0.15, 0.2) is 71.6 Å². The Balaban J connectivity index is 1.65. The van der Waals surface area contributed by atoms with Gasteiger partial charge >= 0.3 is 0 Å². The molecule has 3 aromatic rings. The molecule has 164 valence electrons. The minimum absolute atomic E-state index is 0.114. The van der Waals surface area contributed by atoms with Gasteiger partial charge in [0.25, 0.3) is 21.6 Å². The summed E-state index contributed by atoms with van der Waals surface area (Å²) in [4.78, 5) is 23.1. The van der Waals surface area contributed by atoms with Crippen molar-refractivity contribution in [3.05, 3.63) is 88.0 Å². The Morgan fingerprint density at radius 2 is 1.75 bits per heavy atom. The number of carbonyl (C=O) groups is 1. The maximum absolute atomic E-state index is 13.3. The molecular formula is C22H19N3O6S. The van der Waals surface area contributed by atoms with E-state index < -0.39 is 20.9 Å². The van der Waals surface area contributed by atoms with Gasteiger partial charge in [0.05, 0.1) is 28.3 Å². The number of hydrogen-bond donors (Lipinski definition) is 1. The first kappa shape index (κ1) is 21.3. The molecule has 1 heterocycles. The van der Waals surface area contributed by atoms with Gasteiger partial charge in [-0.1, -0.05) is 12.1 Å². The SMILES string of the molecule is COc1ccc(S(=O)(=O)N2CCc3cccc(NC(=O)c4ccc([N+](=O)[O-])cc4)c32)cc1. The number of nitro groups is 1. The second-order valence-electron chi connectivity index (χ2n) is 7.07. The van der Waals surface area contributed by atoms with Gasteiger partial charge in [-0.05, 0) is 54.4 Å². The van der Waals surface area contributed by atoms with E-state index in [1.165, 1.54) is 47.8 Å². The van der Waals surface area contributed by atoms with Crippen LogP contribution in [0, 0.1) is 10.1 Å². The van der Waals surface area contributed by atoms with Gasteiger partial charge in [-0.3, -0.25) is 19.2 Å². The molecule has 0 saturated heterocycles. The fourth-order valence-corrected chi connectivity index (χ4v) is 5.09. The number of carbonyl (C=O) groups excluding carboxylic acids is 1. The van der Waals surface area contributed by atoms with Crippen molar-refractivity contribution >= 4 is 33.0 Å². The molecule has 1 aliphatic rings. The Hall–Kier alpha value is -3.92. The highest BCUT2D eigenvalue weighted by atomic mass is 32.2. The number of fused-ring (bicyclic) bond motifs is 1. The van der Waals surface area contributed by atoms with Gasteiger partial charge in [-0.25, -0.2) is 8.42 Å². The standard InChI is InChI=1S/C22H19N3O6S/c1-31-18-9-11-19(12-10-18)32(29,30)24-14-13-15-3-2-4-20(21(15)24)23-22(26)16-5-7-17(8-6-16)25(27)28/h2-12H,13-14H2,1H3,(H,23,26). The van der Waals surface area contributed by atoms with Crippen LogP contribution >= 0.6 is 0 Å². The monoisotopic (exact) mass is 453 g/mol. The number of nitro benzene ring substituents is 1. The van der Waals surface area contributed by atoms with Crippen LogP contribution in [0.1, 0.15) is 15.9 Å². The van der Waals surface area contributed by atoms with Crippen LogP contribution in [0.3, 0.4) is 0 Å². The Bertz CT molecular complexity index is 1290. The Morgan fingerprint density at radius 3 is 2.38 bits per heavy atom. The third-order valence-corrected chi connectivity index (χ3v) is 7.00. The summed E-state index contributed by atoms with van der Waals surface area (Å²) in [7, 11) is -2.36. The van der Waals surface area contributed by atoms with Crippen molar-refractivity contribution < 1.29 is 22.9 Å². The number of para-hydroxylation sites is 1. The summed E-state index contributed by atoms with van der Waals surface area (Å²) in [5, 5.41) is 13.6. The number of sulfonamides is 1. The first-order chi connectivity index (χ1) is 15.3. The first-order valence-electron chi connectivity index (χ1n) is 9.66. The number of benzene rings is 3. The number of non-ortho nitro benzene ring substituents is 1. The maximum atomic E-state index is 13.3. The normalized spacial score (nSPS) is 12.8. The van der Waals surface area contributed by atoms with E-state index in [2.05, 4.69) is 5.32 Å². The lowest BCUT2D eigenvalue weighted by atomic mass is 10.1. The van der Waals surface area contributed by atoms with Crippen LogP contribution in [-0.4, -0.2) is 32.9 Å². The molecule has 0 saturated carbocycles. The quantitative estimate of drug-likeness (QED) is 0.450. The molecule has 4 rings (SSSR count). The minimum Gasteiger partial charge on any atom is -0.497 e. The summed E-state index contributed by atoms with van der Waals surface area (Å²) >= 11 is 0. The molecule has 32 heavy (non-hydrogen) atoms. The Kier molecular flexibility index (Phi) is 5.54. The Labute approximate surface area is 184 Å². The number of methoxy groups -OCH3 is 1. The molecule has 3 aromatic carbocycles. The van der Waals surface area contributed by atoms with E-state index in [1.54, 1.807) is 24.3 Å². The number of nitrogens with zero attached hydrogens (tertiary/aromatic N) is 2. The highest BCUT2D eigenvalue weighted by molar-refractivity contribution is 7.92. The molecule has 0 spiro atoms. The van der Waals surface area contributed by atoms with Crippen molar-refractivity contribution in [1.29, 1.82) is 0 Å². The summed E-state index contributed by atoms with van der Waals surface area (Å²) < 4.78 is 33.0. The summed E-state index contributed by atoms with van der Waals surface area (Å²) in [6, 6.07) is 16.5. The van der Waals surface area contributed by atoms with E-state index in [9.17, 15) is 23.3 Å². The highest BCUT2D eigenvalue weighted by Crippen LogP contribution is 2.39. The summed E-state index contributed by atoms with van der Waals surface area (Å²) in [6.07, 6.45) is 0.506. The first-order valence-corrected chi connectivity index (χ1v) is 11.1. The van der Waals surface area contributed by atoms with E-state index in [0.29, 0.717) is 23.5 Å². The van der Waals surface area contributed by atoms with Crippen LogP contribution in [0.4, 0.5) is 17.1 Å². The predicted molar refractivity (Wildman–Crippen MR) is 119 cm³/mol. The van der Waals surface area contributed by atoms with Gasteiger partial charge in [-0.2, -0.15) is 0 Å². The summed E-state index contributed by atoms with van der Waals surface area (Å²) in [5.41, 5.74) is 1.65. The fourth-order valence-electron chi connectivity index (χ4n) is 3.57. The molecule has 10 heteroatoms. The number of ether oxygens (including phenoxy) is 1. The van der Waals surface area contributed by atoms with E-state index in [4.69, 9.17) is 4.74 Å². The Morgan fingerprint density at radius 1 is 1.06 bits per heavy atom. The molecule has 0 unspecified atom stereocenters.